The summed E-state index contributed by atoms with van der Waals surface area (Å²) in [6.07, 6.45) is 7.30. The molecule has 39 heavy (non-hydrogen) atoms. The lowest BCUT2D eigenvalue weighted by molar-refractivity contribution is -0.142. The van der Waals surface area contributed by atoms with E-state index >= 15 is 4.39 Å². The van der Waals surface area contributed by atoms with Gasteiger partial charge in [-0.05, 0) is 118 Å². The minimum absolute atomic E-state index is 0.0778. The molecule has 2 aliphatic heterocycles. The van der Waals surface area contributed by atoms with Crippen LogP contribution in [0.5, 0.6) is 5.75 Å². The van der Waals surface area contributed by atoms with E-state index in [-0.39, 0.29) is 30.2 Å². The first kappa shape index (κ1) is 27.7. The van der Waals surface area contributed by atoms with Gasteiger partial charge in [-0.15, -0.1) is 0 Å². The summed E-state index contributed by atoms with van der Waals surface area (Å²) < 4.78 is 26.6. The highest BCUT2D eigenvalue weighted by Gasteiger charge is 2.45. The smallest absolute Gasteiger partial charge is 0.310 e. The molecule has 2 heterocycles. The Morgan fingerprint density at radius 3 is 2.49 bits per heavy atom. The molecule has 210 valence electrons. The molecule has 1 fully saturated rings. The molecule has 0 N–H and O–H groups in total. The molecule has 2 aromatic rings. The van der Waals surface area contributed by atoms with E-state index in [4.69, 9.17) is 9.47 Å². The predicted octanol–water partition coefficient (Wildman–Crippen LogP) is 6.80. The number of hydrogen-bond acceptors (Lipinski definition) is 4. The van der Waals surface area contributed by atoms with Crippen molar-refractivity contribution in [2.24, 2.45) is 0 Å². The van der Waals surface area contributed by atoms with Crippen molar-refractivity contribution >= 4 is 11.9 Å². The minimum atomic E-state index is -0.730. The van der Waals surface area contributed by atoms with Crippen molar-refractivity contribution in [3.8, 4) is 16.9 Å². The number of esters is 1. The number of hydrogen-bond donors (Lipinski definition) is 0. The van der Waals surface area contributed by atoms with E-state index in [2.05, 4.69) is 11.8 Å². The van der Waals surface area contributed by atoms with Crippen LogP contribution in [0.25, 0.3) is 11.1 Å². The third-order valence-electron chi connectivity index (χ3n) is 9.36. The van der Waals surface area contributed by atoms with Crippen molar-refractivity contribution < 1.29 is 23.5 Å². The summed E-state index contributed by atoms with van der Waals surface area (Å²) in [5.41, 5.74) is 7.82. The van der Waals surface area contributed by atoms with Gasteiger partial charge in [0.05, 0.1) is 25.0 Å². The maximum Gasteiger partial charge on any atom is 0.310 e. The number of carbonyl (C=O) groups excluding carboxylic acids is 2. The molecule has 0 unspecified atom stereocenters. The summed E-state index contributed by atoms with van der Waals surface area (Å²) >= 11 is 0. The first-order chi connectivity index (χ1) is 18.6. The Hall–Kier alpha value is -2.89. The zero-order valence-corrected chi connectivity index (χ0v) is 24.4. The third-order valence-corrected chi connectivity index (χ3v) is 9.36. The summed E-state index contributed by atoms with van der Waals surface area (Å²) in [5, 5.41) is 0. The fourth-order valence-corrected chi connectivity index (χ4v) is 7.43. The molecule has 1 amide bonds. The van der Waals surface area contributed by atoms with Gasteiger partial charge in [-0.3, -0.25) is 9.59 Å². The molecule has 6 heteroatoms. The number of halogens is 1. The SMILES string of the molecule is CCOC(=O)Cc1c(C)c2c(c(C)c1-c1cc(F)c3c(c1C)CCCO3)CN(C1CCCCC1)C(=O)C2(C)C. The van der Waals surface area contributed by atoms with Gasteiger partial charge in [0, 0.05) is 18.2 Å². The summed E-state index contributed by atoms with van der Waals surface area (Å²) in [6.45, 7) is 13.3. The Bertz CT molecular complexity index is 1320. The molecule has 5 rings (SSSR count). The van der Waals surface area contributed by atoms with E-state index in [1.165, 1.54) is 6.42 Å². The van der Waals surface area contributed by atoms with Crippen molar-refractivity contribution in [1.82, 2.24) is 4.90 Å². The van der Waals surface area contributed by atoms with E-state index in [0.717, 1.165) is 88.6 Å². The monoisotopic (exact) mass is 535 g/mol. The Morgan fingerprint density at radius 1 is 1.08 bits per heavy atom. The molecule has 5 nitrogen and oxygen atoms in total. The first-order valence-electron chi connectivity index (χ1n) is 14.6. The van der Waals surface area contributed by atoms with Gasteiger partial charge in [-0.2, -0.15) is 0 Å². The van der Waals surface area contributed by atoms with Crippen LogP contribution in [-0.4, -0.2) is 36.0 Å². The van der Waals surface area contributed by atoms with Crippen LogP contribution in [0.1, 0.15) is 98.2 Å². The zero-order valence-electron chi connectivity index (χ0n) is 24.4. The molecular formula is C33H42FNO4. The normalized spacial score (nSPS) is 18.8. The molecule has 2 aromatic carbocycles. The number of fused-ring (bicyclic) bond motifs is 2. The van der Waals surface area contributed by atoms with Gasteiger partial charge in [0.15, 0.2) is 11.6 Å². The largest absolute Gasteiger partial charge is 0.490 e. The topological polar surface area (TPSA) is 55.8 Å². The molecule has 0 bridgehead atoms. The highest BCUT2D eigenvalue weighted by atomic mass is 19.1. The van der Waals surface area contributed by atoms with E-state index in [9.17, 15) is 9.59 Å². The van der Waals surface area contributed by atoms with Crippen molar-refractivity contribution in [3.63, 3.8) is 0 Å². The second-order valence-electron chi connectivity index (χ2n) is 12.1. The van der Waals surface area contributed by atoms with Crippen LogP contribution in [0.4, 0.5) is 4.39 Å². The molecule has 0 saturated heterocycles. The van der Waals surface area contributed by atoms with E-state index in [0.29, 0.717) is 25.5 Å². The highest BCUT2D eigenvalue weighted by molar-refractivity contribution is 5.93. The van der Waals surface area contributed by atoms with Gasteiger partial charge < -0.3 is 14.4 Å². The Labute approximate surface area is 232 Å². The maximum atomic E-state index is 15.5. The lowest BCUT2D eigenvalue weighted by atomic mass is 9.69. The molecule has 0 radical (unpaired) electrons. The van der Waals surface area contributed by atoms with Gasteiger partial charge >= 0.3 is 5.97 Å². The van der Waals surface area contributed by atoms with E-state index in [1.54, 1.807) is 13.0 Å². The number of benzene rings is 2. The molecule has 3 aliphatic rings. The van der Waals surface area contributed by atoms with Gasteiger partial charge in [0.2, 0.25) is 5.91 Å². The van der Waals surface area contributed by atoms with Gasteiger partial charge in [0.1, 0.15) is 0 Å². The molecule has 1 aliphatic carbocycles. The Morgan fingerprint density at radius 2 is 1.79 bits per heavy atom. The number of amides is 1. The zero-order chi connectivity index (χ0) is 28.1. The van der Waals surface area contributed by atoms with Crippen molar-refractivity contribution in [2.45, 2.75) is 111 Å². The molecule has 0 atom stereocenters. The predicted molar refractivity (Wildman–Crippen MR) is 151 cm³/mol. The summed E-state index contributed by atoms with van der Waals surface area (Å²) in [5.74, 6) is -0.157. The van der Waals surface area contributed by atoms with E-state index in [1.807, 2.05) is 27.7 Å². The van der Waals surface area contributed by atoms with Crippen LogP contribution in [0.3, 0.4) is 0 Å². The fraction of sp³-hybridized carbons (Fsp3) is 0.576. The maximum absolute atomic E-state index is 15.5. The standard InChI is InChI=1S/C33H42FNO4/c1-7-38-28(36)17-25-21(4)30-26(18-35(32(37)33(30,5)6)22-12-9-8-10-13-22)20(3)29(25)24-16-27(34)31-23(19(24)2)14-11-15-39-31/h16,22H,7-15,17-18H2,1-6H3. The summed E-state index contributed by atoms with van der Waals surface area (Å²) in [4.78, 5) is 29.0. The molecule has 0 spiro atoms. The quantitative estimate of drug-likeness (QED) is 0.395. The molecule has 1 saturated carbocycles. The minimum Gasteiger partial charge on any atom is -0.490 e. The van der Waals surface area contributed by atoms with Crippen molar-refractivity contribution in [1.29, 1.82) is 0 Å². The summed E-state index contributed by atoms with van der Waals surface area (Å²) in [7, 11) is 0. The number of nitrogens with zero attached hydrogens (tertiary/aromatic N) is 1. The number of rotatable bonds is 5. The number of carbonyl (C=O) groups is 2. The van der Waals surface area contributed by atoms with E-state index < -0.39 is 5.41 Å². The molecular weight excluding hydrogens is 493 g/mol. The second-order valence-corrected chi connectivity index (χ2v) is 12.1. The van der Waals surface area contributed by atoms with Crippen molar-refractivity contribution in [3.05, 3.63) is 50.8 Å². The number of ether oxygens (including phenoxy) is 2. The first-order valence-corrected chi connectivity index (χ1v) is 14.6. The van der Waals surface area contributed by atoms with Crippen molar-refractivity contribution in [2.75, 3.05) is 13.2 Å². The lowest BCUT2D eigenvalue weighted by Gasteiger charge is -2.46. The van der Waals surface area contributed by atoms with Crippen LogP contribution in [0.15, 0.2) is 6.07 Å². The van der Waals surface area contributed by atoms with Crippen LogP contribution < -0.4 is 4.74 Å². The van der Waals surface area contributed by atoms with Gasteiger partial charge in [-0.1, -0.05) is 19.3 Å². The Kier molecular flexibility index (Phi) is 7.51. The van der Waals surface area contributed by atoms with Gasteiger partial charge in [-0.25, -0.2) is 4.39 Å². The highest BCUT2D eigenvalue weighted by Crippen LogP contribution is 2.47. The third kappa shape index (κ3) is 4.64. The van der Waals surface area contributed by atoms with Crippen LogP contribution in [0.2, 0.25) is 0 Å². The summed E-state index contributed by atoms with van der Waals surface area (Å²) in [6, 6.07) is 1.83. The average Bonchev–Trinajstić information content (AvgIpc) is 2.92. The van der Waals surface area contributed by atoms with Crippen LogP contribution >= 0.6 is 0 Å². The molecule has 0 aromatic heterocycles. The second kappa shape index (κ2) is 10.6. The lowest BCUT2D eigenvalue weighted by Crippen LogP contribution is -2.53. The Balaban J connectivity index is 1.76. The van der Waals surface area contributed by atoms with Crippen LogP contribution in [-0.2, 0) is 39.1 Å². The van der Waals surface area contributed by atoms with Gasteiger partial charge in [0.25, 0.3) is 0 Å². The fourth-order valence-electron chi connectivity index (χ4n) is 7.43. The van der Waals surface area contributed by atoms with Crippen LogP contribution in [0, 0.1) is 26.6 Å². The average molecular weight is 536 g/mol.